The molecule has 0 saturated heterocycles. The molecule has 0 radical (unpaired) electrons. The van der Waals surface area contributed by atoms with Crippen molar-refractivity contribution in [2.24, 2.45) is 0 Å². The van der Waals surface area contributed by atoms with Crippen molar-refractivity contribution < 1.29 is 9.66 Å². The van der Waals surface area contributed by atoms with Crippen LogP contribution in [0.4, 0.5) is 11.5 Å². The molecule has 1 rings (SSSR count). The molecule has 1 heterocycles. The van der Waals surface area contributed by atoms with Crippen LogP contribution in [0.25, 0.3) is 0 Å². The van der Waals surface area contributed by atoms with Gasteiger partial charge in [-0.2, -0.15) is 4.98 Å². The molecule has 0 aromatic carbocycles. The number of hydrogen-bond donors (Lipinski definition) is 1. The lowest BCUT2D eigenvalue weighted by atomic mass is 10.4. The van der Waals surface area contributed by atoms with Crippen LogP contribution in [0, 0.1) is 10.1 Å². The van der Waals surface area contributed by atoms with Gasteiger partial charge in [-0.25, -0.2) is 4.98 Å². The summed E-state index contributed by atoms with van der Waals surface area (Å²) in [4.78, 5) is 17.4. The van der Waals surface area contributed by atoms with Crippen LogP contribution >= 0.6 is 11.6 Å². The van der Waals surface area contributed by atoms with Gasteiger partial charge in [-0.05, 0) is 25.4 Å². The Labute approximate surface area is 103 Å². The van der Waals surface area contributed by atoms with E-state index in [0.717, 1.165) is 6.20 Å². The van der Waals surface area contributed by atoms with E-state index >= 15 is 0 Å². The third-order valence-corrected chi connectivity index (χ3v) is 1.96. The molecule has 0 aliphatic rings. The van der Waals surface area contributed by atoms with Gasteiger partial charge in [-0.3, -0.25) is 10.1 Å². The van der Waals surface area contributed by atoms with Gasteiger partial charge in [-0.1, -0.05) is 0 Å². The van der Waals surface area contributed by atoms with Crippen LogP contribution in [0.15, 0.2) is 6.20 Å². The van der Waals surface area contributed by atoms with Crippen molar-refractivity contribution in [3.8, 4) is 0 Å². The summed E-state index contributed by atoms with van der Waals surface area (Å²) < 4.78 is 5.29. The van der Waals surface area contributed by atoms with Crippen LogP contribution in [-0.4, -0.2) is 34.1 Å². The van der Waals surface area contributed by atoms with Crippen molar-refractivity contribution >= 4 is 23.1 Å². The molecule has 0 aliphatic carbocycles. The lowest BCUT2D eigenvalue weighted by molar-refractivity contribution is -0.384. The van der Waals surface area contributed by atoms with Gasteiger partial charge in [0.2, 0.25) is 11.1 Å². The zero-order chi connectivity index (χ0) is 12.8. The number of hydrogen-bond acceptors (Lipinski definition) is 6. The predicted molar refractivity (Wildman–Crippen MR) is 63.3 cm³/mol. The number of nitro groups is 1. The van der Waals surface area contributed by atoms with Gasteiger partial charge in [0.25, 0.3) is 0 Å². The Morgan fingerprint density at radius 2 is 2.35 bits per heavy atom. The van der Waals surface area contributed by atoms with Crippen molar-refractivity contribution in [3.63, 3.8) is 0 Å². The van der Waals surface area contributed by atoms with E-state index in [1.54, 1.807) is 0 Å². The number of nitrogens with one attached hydrogen (secondary N) is 1. The van der Waals surface area contributed by atoms with Gasteiger partial charge in [0.1, 0.15) is 6.20 Å². The third kappa shape index (κ3) is 4.49. The number of nitrogens with zero attached hydrogens (tertiary/aromatic N) is 3. The molecule has 0 amide bonds. The minimum absolute atomic E-state index is 0.0390. The van der Waals surface area contributed by atoms with Crippen LogP contribution in [0.2, 0.25) is 5.28 Å². The largest absolute Gasteiger partial charge is 0.377 e. The number of ether oxygens (including phenoxy) is 1. The molecular formula is C9H13ClN4O3. The van der Waals surface area contributed by atoms with E-state index in [2.05, 4.69) is 15.3 Å². The number of rotatable bonds is 6. The molecule has 0 fully saturated rings. The first-order chi connectivity index (χ1) is 8.00. The van der Waals surface area contributed by atoms with Crippen molar-refractivity contribution in [1.82, 2.24) is 9.97 Å². The van der Waals surface area contributed by atoms with E-state index in [1.165, 1.54) is 0 Å². The second kappa shape index (κ2) is 6.31. The first kappa shape index (κ1) is 13.6. The minimum Gasteiger partial charge on any atom is -0.377 e. The Kier molecular flexibility index (Phi) is 5.05. The second-order valence-electron chi connectivity index (χ2n) is 3.48. The molecule has 0 atom stereocenters. The normalized spacial score (nSPS) is 10.6. The van der Waals surface area contributed by atoms with E-state index in [1.807, 2.05) is 13.8 Å². The monoisotopic (exact) mass is 260 g/mol. The second-order valence-corrected chi connectivity index (χ2v) is 3.81. The zero-order valence-corrected chi connectivity index (χ0v) is 10.3. The Morgan fingerprint density at radius 1 is 1.65 bits per heavy atom. The molecule has 1 aromatic heterocycles. The zero-order valence-electron chi connectivity index (χ0n) is 9.51. The molecule has 0 saturated carbocycles. The molecule has 94 valence electrons. The number of halogens is 1. The quantitative estimate of drug-likeness (QED) is 0.363. The molecule has 0 spiro atoms. The first-order valence-electron chi connectivity index (χ1n) is 5.03. The van der Waals surface area contributed by atoms with Crippen LogP contribution in [0.3, 0.4) is 0 Å². The highest BCUT2D eigenvalue weighted by atomic mass is 35.5. The molecule has 0 bridgehead atoms. The first-order valence-corrected chi connectivity index (χ1v) is 5.41. The highest BCUT2D eigenvalue weighted by Gasteiger charge is 2.16. The molecule has 1 aromatic rings. The van der Waals surface area contributed by atoms with E-state index in [0.29, 0.717) is 13.2 Å². The maximum Gasteiger partial charge on any atom is 0.329 e. The predicted octanol–water partition coefficient (Wildman–Crippen LogP) is 1.88. The van der Waals surface area contributed by atoms with Crippen molar-refractivity contribution in [1.29, 1.82) is 0 Å². The summed E-state index contributed by atoms with van der Waals surface area (Å²) in [6.45, 7) is 4.65. The van der Waals surface area contributed by atoms with Crippen LogP contribution in [0.1, 0.15) is 13.8 Å². The Bertz CT molecular complexity index is 400. The van der Waals surface area contributed by atoms with E-state index in [-0.39, 0.29) is 22.9 Å². The van der Waals surface area contributed by atoms with Crippen molar-refractivity contribution in [2.75, 3.05) is 18.5 Å². The number of anilines is 1. The smallest absolute Gasteiger partial charge is 0.329 e. The average Bonchev–Trinajstić information content (AvgIpc) is 2.23. The van der Waals surface area contributed by atoms with Crippen LogP contribution < -0.4 is 5.32 Å². The van der Waals surface area contributed by atoms with Gasteiger partial charge in [0.05, 0.1) is 17.6 Å². The molecule has 0 unspecified atom stereocenters. The van der Waals surface area contributed by atoms with Crippen molar-refractivity contribution in [3.05, 3.63) is 21.6 Å². The van der Waals surface area contributed by atoms with E-state index in [9.17, 15) is 10.1 Å². The summed E-state index contributed by atoms with van der Waals surface area (Å²) in [7, 11) is 0. The van der Waals surface area contributed by atoms with E-state index < -0.39 is 4.92 Å². The highest BCUT2D eigenvalue weighted by Crippen LogP contribution is 2.21. The summed E-state index contributed by atoms with van der Waals surface area (Å²) in [6.07, 6.45) is 1.18. The molecule has 7 nitrogen and oxygen atoms in total. The maximum absolute atomic E-state index is 10.7. The number of aromatic nitrogens is 2. The Hall–Kier alpha value is -1.47. The van der Waals surface area contributed by atoms with Crippen LogP contribution in [0.5, 0.6) is 0 Å². The molecule has 0 aliphatic heterocycles. The topological polar surface area (TPSA) is 90.2 Å². The fourth-order valence-electron chi connectivity index (χ4n) is 1.08. The summed E-state index contributed by atoms with van der Waals surface area (Å²) in [5.74, 6) is 0.0994. The molecule has 17 heavy (non-hydrogen) atoms. The van der Waals surface area contributed by atoms with Gasteiger partial charge in [0, 0.05) is 6.54 Å². The summed E-state index contributed by atoms with van der Waals surface area (Å²) in [5, 5.41) is 13.4. The van der Waals surface area contributed by atoms with Gasteiger partial charge in [-0.15, -0.1) is 0 Å². The lowest BCUT2D eigenvalue weighted by Crippen LogP contribution is -2.14. The average molecular weight is 261 g/mol. The van der Waals surface area contributed by atoms with Crippen LogP contribution in [-0.2, 0) is 4.74 Å². The Balaban J connectivity index is 2.62. The fraction of sp³-hybridized carbons (Fsp3) is 0.556. The molecular weight excluding hydrogens is 248 g/mol. The molecule has 8 heteroatoms. The Morgan fingerprint density at radius 3 is 2.94 bits per heavy atom. The fourth-order valence-corrected chi connectivity index (χ4v) is 1.22. The summed E-state index contributed by atoms with van der Waals surface area (Å²) >= 11 is 5.57. The third-order valence-electron chi connectivity index (χ3n) is 1.78. The van der Waals surface area contributed by atoms with Gasteiger partial charge >= 0.3 is 5.69 Å². The minimum atomic E-state index is -0.567. The highest BCUT2D eigenvalue weighted by molar-refractivity contribution is 6.28. The maximum atomic E-state index is 10.7. The molecule has 1 N–H and O–H groups in total. The lowest BCUT2D eigenvalue weighted by Gasteiger charge is -2.08. The summed E-state index contributed by atoms with van der Waals surface area (Å²) in [5.41, 5.74) is -0.209. The van der Waals surface area contributed by atoms with Crippen molar-refractivity contribution in [2.45, 2.75) is 20.0 Å². The van der Waals surface area contributed by atoms with Gasteiger partial charge < -0.3 is 10.1 Å². The van der Waals surface area contributed by atoms with Gasteiger partial charge in [0.15, 0.2) is 0 Å². The van der Waals surface area contributed by atoms with E-state index in [4.69, 9.17) is 16.3 Å². The summed E-state index contributed by atoms with van der Waals surface area (Å²) in [6, 6.07) is 0. The standard InChI is InChI=1S/C9H13ClN4O3/c1-6(2)17-4-3-11-8-7(14(15)16)5-12-9(10)13-8/h5-6H,3-4H2,1-2H3,(H,11,12,13). The SMILES string of the molecule is CC(C)OCCNc1nc(Cl)ncc1[N+](=O)[O-].